The van der Waals surface area contributed by atoms with Gasteiger partial charge in [0.25, 0.3) is 0 Å². The van der Waals surface area contributed by atoms with Crippen molar-refractivity contribution in [2.24, 2.45) is 4.99 Å². The molecular weight excluding hydrogens is 388 g/mol. The first kappa shape index (κ1) is 19.0. The summed E-state index contributed by atoms with van der Waals surface area (Å²) in [5.41, 5.74) is 3.03. The number of aliphatic carboxylic acids is 1. The van der Waals surface area contributed by atoms with E-state index in [2.05, 4.69) is 4.90 Å². The van der Waals surface area contributed by atoms with Crippen molar-refractivity contribution < 1.29 is 14.6 Å². The first-order valence-corrected chi connectivity index (χ1v) is 9.60. The number of para-hydroxylation sites is 1. The van der Waals surface area contributed by atoms with Gasteiger partial charge in [-0.2, -0.15) is 0 Å². The van der Waals surface area contributed by atoms with Gasteiger partial charge in [0, 0.05) is 17.1 Å². The van der Waals surface area contributed by atoms with Gasteiger partial charge in [0.15, 0.2) is 6.61 Å². The normalized spacial score (nSPS) is 17.1. The van der Waals surface area contributed by atoms with Crippen LogP contribution >= 0.6 is 11.6 Å². The molecule has 1 aliphatic rings. The van der Waals surface area contributed by atoms with Gasteiger partial charge in [0.05, 0.1) is 11.7 Å². The van der Waals surface area contributed by atoms with Crippen molar-refractivity contribution in [3.8, 4) is 5.75 Å². The van der Waals surface area contributed by atoms with E-state index >= 15 is 0 Å². The number of carboxylic acids is 1. The topological polar surface area (TPSA) is 62.1 Å². The van der Waals surface area contributed by atoms with Gasteiger partial charge in [-0.05, 0) is 54.1 Å². The molecule has 6 heteroatoms. The Bertz CT molecular complexity index is 1020. The molecule has 3 aromatic rings. The highest BCUT2D eigenvalue weighted by atomic mass is 35.5. The van der Waals surface area contributed by atoms with Gasteiger partial charge in [-0.15, -0.1) is 0 Å². The SMILES string of the molecule is O=C(O)COc1ccc(N2C(=Nc3ccccc3)CC2c2ccc(Cl)cc2)cc1. The zero-order chi connectivity index (χ0) is 20.2. The minimum Gasteiger partial charge on any atom is -0.482 e. The Morgan fingerprint density at radius 2 is 1.72 bits per heavy atom. The van der Waals surface area contributed by atoms with Gasteiger partial charge >= 0.3 is 5.97 Å². The second-order valence-corrected chi connectivity index (χ2v) is 7.12. The minimum absolute atomic E-state index is 0.153. The number of amidine groups is 1. The van der Waals surface area contributed by atoms with Crippen LogP contribution in [0.15, 0.2) is 83.9 Å². The number of ether oxygens (including phenoxy) is 1. The molecule has 0 spiro atoms. The van der Waals surface area contributed by atoms with Crippen LogP contribution in [0.1, 0.15) is 18.0 Å². The summed E-state index contributed by atoms with van der Waals surface area (Å²) in [4.78, 5) is 17.7. The summed E-state index contributed by atoms with van der Waals surface area (Å²) >= 11 is 6.04. The quantitative estimate of drug-likeness (QED) is 0.588. The molecule has 0 amide bonds. The summed E-state index contributed by atoms with van der Waals surface area (Å²) in [5, 5.41) is 9.47. The molecule has 0 radical (unpaired) electrons. The molecule has 1 aliphatic heterocycles. The number of hydrogen-bond donors (Lipinski definition) is 1. The highest BCUT2D eigenvalue weighted by molar-refractivity contribution is 6.30. The lowest BCUT2D eigenvalue weighted by molar-refractivity contribution is -0.139. The van der Waals surface area contributed by atoms with Crippen molar-refractivity contribution in [3.63, 3.8) is 0 Å². The number of carbonyl (C=O) groups is 1. The number of anilines is 1. The molecule has 0 saturated carbocycles. The predicted molar refractivity (Wildman–Crippen MR) is 114 cm³/mol. The van der Waals surface area contributed by atoms with Gasteiger partial charge in [-0.1, -0.05) is 41.9 Å². The summed E-state index contributed by atoms with van der Waals surface area (Å²) in [6.45, 7) is -0.364. The number of nitrogens with zero attached hydrogens (tertiary/aromatic N) is 2. The van der Waals surface area contributed by atoms with E-state index in [-0.39, 0.29) is 12.6 Å². The number of rotatable bonds is 6. The van der Waals surface area contributed by atoms with Crippen molar-refractivity contribution in [1.82, 2.24) is 0 Å². The van der Waals surface area contributed by atoms with Crippen LogP contribution in [0.5, 0.6) is 5.75 Å². The van der Waals surface area contributed by atoms with E-state index in [0.717, 1.165) is 29.2 Å². The number of halogens is 1. The number of benzene rings is 3. The summed E-state index contributed by atoms with van der Waals surface area (Å²) in [6, 6.07) is 25.2. The van der Waals surface area contributed by atoms with Crippen LogP contribution in [0, 0.1) is 0 Å². The Labute approximate surface area is 173 Å². The molecule has 1 N–H and O–H groups in total. The first-order valence-electron chi connectivity index (χ1n) is 9.22. The summed E-state index contributed by atoms with van der Waals surface area (Å²) < 4.78 is 5.24. The van der Waals surface area contributed by atoms with Crippen molar-refractivity contribution in [3.05, 3.63) is 89.4 Å². The first-order chi connectivity index (χ1) is 14.1. The fourth-order valence-corrected chi connectivity index (χ4v) is 3.44. The average Bonchev–Trinajstić information content (AvgIpc) is 2.72. The number of carboxylic acid groups (broad SMARTS) is 1. The predicted octanol–water partition coefficient (Wildman–Crippen LogP) is 5.49. The van der Waals surface area contributed by atoms with Crippen LogP contribution in [-0.4, -0.2) is 23.5 Å². The maximum atomic E-state index is 10.7. The molecule has 146 valence electrons. The Balaban J connectivity index is 1.62. The molecule has 1 heterocycles. The third kappa shape index (κ3) is 4.41. The monoisotopic (exact) mass is 406 g/mol. The van der Waals surface area contributed by atoms with E-state index in [1.807, 2.05) is 66.7 Å². The molecular formula is C23H19ClN2O3. The Hall–Kier alpha value is -3.31. The molecule has 29 heavy (non-hydrogen) atoms. The molecule has 1 unspecified atom stereocenters. The molecule has 1 atom stereocenters. The highest BCUT2D eigenvalue weighted by Gasteiger charge is 2.36. The Kier molecular flexibility index (Phi) is 5.49. The zero-order valence-corrected chi connectivity index (χ0v) is 16.3. The lowest BCUT2D eigenvalue weighted by Gasteiger charge is -2.44. The van der Waals surface area contributed by atoms with Crippen LogP contribution in [-0.2, 0) is 4.79 Å². The fourth-order valence-electron chi connectivity index (χ4n) is 3.31. The summed E-state index contributed by atoms with van der Waals surface area (Å²) in [7, 11) is 0. The van der Waals surface area contributed by atoms with E-state index in [1.54, 1.807) is 12.1 Å². The Morgan fingerprint density at radius 1 is 1.03 bits per heavy atom. The number of hydrogen-bond acceptors (Lipinski definition) is 3. The van der Waals surface area contributed by atoms with Gasteiger partial charge in [0.2, 0.25) is 0 Å². The lowest BCUT2D eigenvalue weighted by atomic mass is 9.92. The molecule has 1 fully saturated rings. The van der Waals surface area contributed by atoms with Gasteiger partial charge in [-0.25, -0.2) is 9.79 Å². The van der Waals surface area contributed by atoms with E-state index < -0.39 is 5.97 Å². The van der Waals surface area contributed by atoms with Crippen LogP contribution in [0.2, 0.25) is 5.02 Å². The largest absolute Gasteiger partial charge is 0.482 e. The maximum Gasteiger partial charge on any atom is 0.341 e. The second kappa shape index (κ2) is 8.37. The lowest BCUT2D eigenvalue weighted by Crippen LogP contribution is -2.46. The molecule has 0 aliphatic carbocycles. The molecule has 3 aromatic carbocycles. The smallest absolute Gasteiger partial charge is 0.341 e. The van der Waals surface area contributed by atoms with Crippen LogP contribution in [0.4, 0.5) is 11.4 Å². The third-order valence-electron chi connectivity index (χ3n) is 4.71. The van der Waals surface area contributed by atoms with Crippen molar-refractivity contribution in [2.45, 2.75) is 12.5 Å². The minimum atomic E-state index is -1.00. The second-order valence-electron chi connectivity index (χ2n) is 6.68. The standard InChI is InChI=1S/C23H19ClN2O3/c24-17-8-6-16(7-9-17)21-14-22(25-18-4-2-1-3-5-18)26(21)19-10-12-20(13-11-19)29-15-23(27)28/h1-13,21H,14-15H2,(H,27,28). The van der Waals surface area contributed by atoms with Crippen LogP contribution in [0.25, 0.3) is 0 Å². The molecule has 0 aromatic heterocycles. The molecule has 4 rings (SSSR count). The molecule has 1 saturated heterocycles. The van der Waals surface area contributed by atoms with Gasteiger partial charge in [-0.3, -0.25) is 0 Å². The van der Waals surface area contributed by atoms with Crippen molar-refractivity contribution >= 4 is 34.8 Å². The van der Waals surface area contributed by atoms with Gasteiger partial charge in [0.1, 0.15) is 11.6 Å². The zero-order valence-electron chi connectivity index (χ0n) is 15.5. The number of aliphatic imine (C=N–C) groups is 1. The fraction of sp³-hybridized carbons (Fsp3) is 0.130. The van der Waals surface area contributed by atoms with E-state index in [9.17, 15) is 4.79 Å². The third-order valence-corrected chi connectivity index (χ3v) is 4.96. The molecule has 0 bridgehead atoms. The highest BCUT2D eigenvalue weighted by Crippen LogP contribution is 2.41. The maximum absolute atomic E-state index is 10.7. The summed E-state index contributed by atoms with van der Waals surface area (Å²) in [5.74, 6) is 0.480. The van der Waals surface area contributed by atoms with Crippen LogP contribution in [0.3, 0.4) is 0 Å². The Morgan fingerprint density at radius 3 is 2.38 bits per heavy atom. The van der Waals surface area contributed by atoms with E-state index in [0.29, 0.717) is 10.8 Å². The van der Waals surface area contributed by atoms with Crippen molar-refractivity contribution in [2.75, 3.05) is 11.5 Å². The molecule has 5 nitrogen and oxygen atoms in total. The van der Waals surface area contributed by atoms with Gasteiger partial charge < -0.3 is 14.7 Å². The summed E-state index contributed by atoms with van der Waals surface area (Å²) in [6.07, 6.45) is 0.813. The van der Waals surface area contributed by atoms with Crippen LogP contribution < -0.4 is 9.64 Å². The van der Waals surface area contributed by atoms with Crippen molar-refractivity contribution in [1.29, 1.82) is 0 Å². The van der Waals surface area contributed by atoms with E-state index in [4.69, 9.17) is 26.4 Å². The average molecular weight is 407 g/mol. The van der Waals surface area contributed by atoms with E-state index in [1.165, 1.54) is 0 Å².